The minimum Gasteiger partial charge on any atom is -0.402 e. The van der Waals surface area contributed by atoms with Crippen LogP contribution in [0, 0.1) is 18.8 Å². The van der Waals surface area contributed by atoms with Gasteiger partial charge < -0.3 is 20.1 Å². The number of fused-ring (bicyclic) bond motifs is 1. The second-order valence-electron chi connectivity index (χ2n) is 4.76. The van der Waals surface area contributed by atoms with Crippen molar-refractivity contribution in [3.8, 4) is 0 Å². The Kier molecular flexibility index (Phi) is 8.38. The Morgan fingerprint density at radius 2 is 1.76 bits per heavy atom. The molecule has 0 unspecified atom stereocenters. The summed E-state index contributed by atoms with van der Waals surface area (Å²) in [5.41, 5.74) is 1.13. The number of benzene rings is 1. The third kappa shape index (κ3) is 5.67. The number of pyridine rings is 1. The zero-order chi connectivity index (χ0) is 17.9. The summed E-state index contributed by atoms with van der Waals surface area (Å²) >= 11 is 0. The molecule has 3 rings (SSSR count). The van der Waals surface area contributed by atoms with Crippen LogP contribution in [0.1, 0.15) is 5.56 Å². The van der Waals surface area contributed by atoms with Crippen molar-refractivity contribution in [3.63, 3.8) is 0 Å². The summed E-state index contributed by atoms with van der Waals surface area (Å²) < 4.78 is 39.1. The van der Waals surface area contributed by atoms with Gasteiger partial charge >= 0.3 is 58.7 Å². The maximum Gasteiger partial charge on any atom is 1.00 e. The zero-order valence-corrected chi connectivity index (χ0v) is 17.4. The number of hydrogen-bond donors (Lipinski definition) is 3. The first kappa shape index (κ1) is 22.4. The zero-order valence-electron chi connectivity index (χ0n) is 13.5. The monoisotopic (exact) mass is 390 g/mol. The molecule has 2 aromatic heterocycles. The molecular formula is C14H13BFKN2O5S. The van der Waals surface area contributed by atoms with Gasteiger partial charge in [0.05, 0.1) is 10.7 Å². The minimum atomic E-state index is -3.75. The summed E-state index contributed by atoms with van der Waals surface area (Å²) in [6.07, 6.45) is 2.24. The average Bonchev–Trinajstić information content (AvgIpc) is 2.90. The minimum absolute atomic E-state index is 0. The van der Waals surface area contributed by atoms with Crippen LogP contribution in [0.3, 0.4) is 0 Å². The summed E-state index contributed by atoms with van der Waals surface area (Å²) in [6.45, 7) is 1.87. The van der Waals surface area contributed by atoms with E-state index < -0.39 is 23.2 Å². The largest absolute Gasteiger partial charge is 1.00 e. The Bertz CT molecular complexity index is 945. The maximum atomic E-state index is 13.1. The Hall–Kier alpha value is -0.629. The van der Waals surface area contributed by atoms with Crippen LogP contribution in [-0.2, 0) is 10.0 Å². The van der Waals surface area contributed by atoms with Gasteiger partial charge in [0.1, 0.15) is 0 Å². The first-order valence-corrected chi connectivity index (χ1v) is 8.06. The molecule has 0 fully saturated rings. The number of aromatic nitrogens is 2. The number of rotatable bonds is 2. The predicted molar refractivity (Wildman–Crippen MR) is 84.7 cm³/mol. The molecule has 0 radical (unpaired) electrons. The van der Waals surface area contributed by atoms with Gasteiger partial charge in [-0.3, -0.25) is 3.97 Å². The third-order valence-corrected chi connectivity index (χ3v) is 4.62. The Labute approximate surface area is 186 Å². The van der Waals surface area contributed by atoms with E-state index in [1.807, 2.05) is 6.92 Å². The molecule has 126 valence electrons. The van der Waals surface area contributed by atoms with E-state index >= 15 is 0 Å². The van der Waals surface area contributed by atoms with Crippen LogP contribution in [0.2, 0.25) is 0 Å². The van der Waals surface area contributed by atoms with Crippen LogP contribution in [0.25, 0.3) is 11.0 Å². The Morgan fingerprint density at radius 1 is 1.20 bits per heavy atom. The van der Waals surface area contributed by atoms with E-state index in [2.05, 4.69) is 11.1 Å². The molecule has 0 bridgehead atoms. The molecule has 0 saturated carbocycles. The van der Waals surface area contributed by atoms with Crippen molar-refractivity contribution in [3.05, 3.63) is 60.2 Å². The SMILES string of the molecule is Cc1ccc(S(=O)(=O)n2c[c-]c3cc(F)cnc32)cc1.OB(O)O.[K+]. The average molecular weight is 390 g/mol. The molecule has 1 aromatic carbocycles. The van der Waals surface area contributed by atoms with E-state index in [1.54, 1.807) is 12.1 Å². The van der Waals surface area contributed by atoms with Crippen LogP contribution >= 0.6 is 0 Å². The molecule has 0 spiro atoms. The molecule has 7 nitrogen and oxygen atoms in total. The summed E-state index contributed by atoms with van der Waals surface area (Å²) in [5, 5.41) is 21.8. The topological polar surface area (TPSA) is 113 Å². The Morgan fingerprint density at radius 3 is 2.32 bits per heavy atom. The summed E-state index contributed by atoms with van der Waals surface area (Å²) in [7, 11) is -5.92. The molecule has 0 aliphatic heterocycles. The van der Waals surface area contributed by atoms with Crippen molar-refractivity contribution in [2.45, 2.75) is 11.8 Å². The van der Waals surface area contributed by atoms with Gasteiger partial charge in [0.2, 0.25) is 0 Å². The maximum absolute atomic E-state index is 13.1. The summed E-state index contributed by atoms with van der Waals surface area (Å²) in [6, 6.07) is 10.4. The van der Waals surface area contributed by atoms with E-state index in [4.69, 9.17) is 15.1 Å². The quantitative estimate of drug-likeness (QED) is 0.329. The smallest absolute Gasteiger partial charge is 0.402 e. The summed E-state index contributed by atoms with van der Waals surface area (Å²) in [4.78, 5) is 3.98. The molecule has 25 heavy (non-hydrogen) atoms. The second kappa shape index (κ2) is 9.35. The fraction of sp³-hybridized carbons (Fsp3) is 0.0714. The molecule has 0 aliphatic carbocycles. The predicted octanol–water partition coefficient (Wildman–Crippen LogP) is -2.53. The van der Waals surface area contributed by atoms with Crippen LogP contribution in [-0.4, -0.2) is 39.8 Å². The van der Waals surface area contributed by atoms with E-state index in [1.165, 1.54) is 24.4 Å². The fourth-order valence-corrected chi connectivity index (χ4v) is 3.18. The van der Waals surface area contributed by atoms with Crippen LogP contribution < -0.4 is 51.4 Å². The van der Waals surface area contributed by atoms with E-state index in [0.29, 0.717) is 5.39 Å². The van der Waals surface area contributed by atoms with Gasteiger partial charge in [0.15, 0.2) is 0 Å². The number of halogens is 1. The molecule has 0 amide bonds. The third-order valence-electron chi connectivity index (χ3n) is 2.96. The van der Waals surface area contributed by atoms with Gasteiger partial charge in [-0.2, -0.15) is 6.07 Å². The van der Waals surface area contributed by atoms with Gasteiger partial charge in [-0.1, -0.05) is 17.7 Å². The molecule has 0 saturated heterocycles. The Balaban J connectivity index is 0.000000568. The van der Waals surface area contributed by atoms with Crippen LogP contribution in [0.15, 0.2) is 47.6 Å². The molecular weight excluding hydrogens is 377 g/mol. The standard InChI is InChI=1S/C14H10FN2O2S.BH3O3.K/c1-10-2-4-13(5-3-10)20(18,19)17-7-6-11-8-12(15)9-16-14(11)17;2-1(3)4;/h2-5,7-9H,1H3;2-4H;/q-1;;+1. The molecule has 3 N–H and O–H groups in total. The molecule has 0 atom stereocenters. The van der Waals surface area contributed by atoms with Crippen molar-refractivity contribution >= 4 is 28.4 Å². The van der Waals surface area contributed by atoms with Crippen LogP contribution in [0.4, 0.5) is 4.39 Å². The first-order valence-electron chi connectivity index (χ1n) is 6.62. The van der Waals surface area contributed by atoms with Gasteiger partial charge in [-0.15, -0.1) is 11.5 Å². The second-order valence-corrected chi connectivity index (χ2v) is 6.57. The first-order chi connectivity index (χ1) is 11.2. The van der Waals surface area contributed by atoms with Crippen molar-refractivity contribution in [2.24, 2.45) is 0 Å². The van der Waals surface area contributed by atoms with Gasteiger partial charge in [0, 0.05) is 11.8 Å². The van der Waals surface area contributed by atoms with Crippen molar-refractivity contribution in [1.82, 2.24) is 8.96 Å². The van der Waals surface area contributed by atoms with Crippen molar-refractivity contribution in [1.29, 1.82) is 0 Å². The summed E-state index contributed by atoms with van der Waals surface area (Å²) in [5.74, 6) is -0.528. The van der Waals surface area contributed by atoms with Crippen molar-refractivity contribution < 1.29 is 79.3 Å². The van der Waals surface area contributed by atoms with E-state index in [0.717, 1.165) is 15.7 Å². The molecule has 2 heterocycles. The molecule has 3 aromatic rings. The number of nitrogens with zero attached hydrogens (tertiary/aromatic N) is 2. The van der Waals surface area contributed by atoms with Gasteiger partial charge in [-0.05, 0) is 25.3 Å². The fourth-order valence-electron chi connectivity index (χ4n) is 1.91. The normalized spacial score (nSPS) is 10.6. The van der Waals surface area contributed by atoms with E-state index in [-0.39, 0.29) is 61.9 Å². The van der Waals surface area contributed by atoms with Crippen LogP contribution in [0.5, 0.6) is 0 Å². The van der Waals surface area contributed by atoms with Gasteiger partial charge in [0.25, 0.3) is 10.0 Å². The van der Waals surface area contributed by atoms with Crippen molar-refractivity contribution in [2.75, 3.05) is 0 Å². The number of aryl methyl sites for hydroxylation is 1. The van der Waals surface area contributed by atoms with E-state index in [9.17, 15) is 12.8 Å². The van der Waals surface area contributed by atoms with Gasteiger partial charge in [-0.25, -0.2) is 12.8 Å². The molecule has 0 aliphatic rings. The molecule has 11 heteroatoms. The number of hydrogen-bond acceptors (Lipinski definition) is 6.